The van der Waals surface area contributed by atoms with Gasteiger partial charge in [0.15, 0.2) is 0 Å². The second-order valence-electron chi connectivity index (χ2n) is 5.20. The molecule has 0 radical (unpaired) electrons. The topological polar surface area (TPSA) is 55.5 Å². The lowest BCUT2D eigenvalue weighted by Gasteiger charge is -1.98. The molecule has 0 fully saturated rings. The van der Waals surface area contributed by atoms with E-state index in [1.807, 2.05) is 36.4 Å². The van der Waals surface area contributed by atoms with E-state index in [-0.39, 0.29) is 10.6 Å². The van der Waals surface area contributed by atoms with Crippen molar-refractivity contribution in [1.82, 2.24) is 0 Å². The Morgan fingerprint density at radius 3 is 2.64 bits per heavy atom. The van der Waals surface area contributed by atoms with Crippen LogP contribution in [0.2, 0.25) is 5.02 Å². The summed E-state index contributed by atoms with van der Waals surface area (Å²) in [7, 11) is 0. The zero-order valence-corrected chi connectivity index (χ0v) is 15.6. The highest BCUT2D eigenvalue weighted by Crippen LogP contribution is 2.33. The first kappa shape index (κ1) is 17.7. The zero-order valence-electron chi connectivity index (χ0n) is 13.2. The SMILES string of the molecule is Cc1ccc(N=Cc2ccc(Sc3ccc(Cl)cc3)s2)cc1[N+](=O)[O-]. The van der Waals surface area contributed by atoms with Crippen LogP contribution in [0.1, 0.15) is 10.4 Å². The molecular formula is C18H13ClN2O2S2. The zero-order chi connectivity index (χ0) is 17.8. The minimum atomic E-state index is -0.389. The van der Waals surface area contributed by atoms with Gasteiger partial charge < -0.3 is 0 Å². The van der Waals surface area contributed by atoms with Crippen molar-refractivity contribution in [3.63, 3.8) is 0 Å². The Kier molecular flexibility index (Phi) is 5.53. The van der Waals surface area contributed by atoms with E-state index < -0.39 is 0 Å². The standard InChI is InChI=1S/C18H13ClN2O2S2/c1-12-2-5-14(10-17(12)21(22)23)20-11-16-8-9-18(25-16)24-15-6-3-13(19)4-7-15/h2-11H,1H3. The smallest absolute Gasteiger partial charge is 0.258 e. The van der Waals surface area contributed by atoms with Crippen LogP contribution in [-0.4, -0.2) is 11.1 Å². The van der Waals surface area contributed by atoms with E-state index in [0.29, 0.717) is 11.3 Å². The number of aryl methyl sites for hydroxylation is 1. The van der Waals surface area contributed by atoms with E-state index in [9.17, 15) is 10.1 Å². The van der Waals surface area contributed by atoms with Crippen molar-refractivity contribution in [2.75, 3.05) is 0 Å². The van der Waals surface area contributed by atoms with E-state index in [0.717, 1.165) is 19.0 Å². The average molecular weight is 389 g/mol. The van der Waals surface area contributed by atoms with Crippen LogP contribution in [-0.2, 0) is 0 Å². The number of benzene rings is 2. The maximum atomic E-state index is 11.0. The van der Waals surface area contributed by atoms with Crippen molar-refractivity contribution in [1.29, 1.82) is 0 Å². The van der Waals surface area contributed by atoms with Gasteiger partial charge in [-0.05, 0) is 49.4 Å². The molecule has 0 saturated carbocycles. The Morgan fingerprint density at radius 2 is 1.92 bits per heavy atom. The van der Waals surface area contributed by atoms with Gasteiger partial charge in [0.05, 0.1) is 14.8 Å². The summed E-state index contributed by atoms with van der Waals surface area (Å²) in [5.74, 6) is 0. The number of halogens is 1. The summed E-state index contributed by atoms with van der Waals surface area (Å²) < 4.78 is 1.14. The number of aliphatic imine (C=N–C) groups is 1. The largest absolute Gasteiger partial charge is 0.274 e. The molecule has 3 rings (SSSR count). The number of hydrogen-bond acceptors (Lipinski definition) is 5. The molecule has 126 valence electrons. The van der Waals surface area contributed by atoms with E-state index in [2.05, 4.69) is 4.99 Å². The van der Waals surface area contributed by atoms with Crippen LogP contribution < -0.4 is 0 Å². The molecular weight excluding hydrogens is 376 g/mol. The van der Waals surface area contributed by atoms with E-state index in [1.165, 1.54) is 6.07 Å². The molecule has 0 aliphatic heterocycles. The molecule has 0 amide bonds. The van der Waals surface area contributed by atoms with Gasteiger partial charge in [-0.1, -0.05) is 29.4 Å². The number of hydrogen-bond donors (Lipinski definition) is 0. The number of rotatable bonds is 5. The molecule has 1 heterocycles. The second kappa shape index (κ2) is 7.82. The van der Waals surface area contributed by atoms with Gasteiger partial charge in [-0.15, -0.1) is 11.3 Å². The minimum Gasteiger partial charge on any atom is -0.258 e. The first-order chi connectivity index (χ1) is 12.0. The van der Waals surface area contributed by atoms with Crippen LogP contribution in [0.15, 0.2) is 68.7 Å². The van der Waals surface area contributed by atoms with Gasteiger partial charge in [0.2, 0.25) is 0 Å². The van der Waals surface area contributed by atoms with Gasteiger partial charge in [-0.2, -0.15) is 0 Å². The lowest BCUT2D eigenvalue weighted by molar-refractivity contribution is -0.385. The number of thiophene rings is 1. The van der Waals surface area contributed by atoms with Gasteiger partial charge in [-0.3, -0.25) is 15.1 Å². The van der Waals surface area contributed by atoms with E-state index in [1.54, 1.807) is 48.4 Å². The van der Waals surface area contributed by atoms with E-state index >= 15 is 0 Å². The molecule has 0 aliphatic carbocycles. The first-order valence-corrected chi connectivity index (χ1v) is 9.35. The molecule has 0 spiro atoms. The summed E-state index contributed by atoms with van der Waals surface area (Å²) in [6.45, 7) is 1.71. The van der Waals surface area contributed by atoms with Gasteiger partial charge in [-0.25, -0.2) is 0 Å². The summed E-state index contributed by atoms with van der Waals surface area (Å²) in [5.41, 5.74) is 1.28. The van der Waals surface area contributed by atoms with Crippen molar-refractivity contribution < 1.29 is 4.92 Å². The van der Waals surface area contributed by atoms with Gasteiger partial charge in [0.1, 0.15) is 0 Å². The van der Waals surface area contributed by atoms with Crippen LogP contribution in [0.5, 0.6) is 0 Å². The maximum absolute atomic E-state index is 11.0. The van der Waals surface area contributed by atoms with Crippen LogP contribution in [0, 0.1) is 17.0 Å². The lowest BCUT2D eigenvalue weighted by atomic mass is 10.2. The molecule has 0 saturated heterocycles. The normalized spacial score (nSPS) is 11.1. The van der Waals surface area contributed by atoms with Crippen molar-refractivity contribution in [3.05, 3.63) is 80.2 Å². The van der Waals surface area contributed by atoms with Crippen molar-refractivity contribution in [2.24, 2.45) is 4.99 Å². The molecule has 0 aliphatic rings. The molecule has 4 nitrogen and oxygen atoms in total. The predicted molar refractivity (Wildman–Crippen MR) is 105 cm³/mol. The van der Waals surface area contributed by atoms with Crippen LogP contribution in [0.4, 0.5) is 11.4 Å². The Bertz CT molecular complexity index is 937. The maximum Gasteiger partial charge on any atom is 0.274 e. The van der Waals surface area contributed by atoms with Crippen molar-refractivity contribution in [2.45, 2.75) is 16.0 Å². The van der Waals surface area contributed by atoms with Gasteiger partial charge in [0.25, 0.3) is 5.69 Å². The third-order valence-electron chi connectivity index (χ3n) is 3.36. The Hall–Kier alpha value is -2.15. The van der Waals surface area contributed by atoms with Crippen LogP contribution in [0.25, 0.3) is 0 Å². The Balaban J connectivity index is 1.72. The second-order valence-corrected chi connectivity index (χ2v) is 8.12. The lowest BCUT2D eigenvalue weighted by Crippen LogP contribution is -1.90. The third-order valence-corrected chi connectivity index (χ3v) is 5.78. The van der Waals surface area contributed by atoms with E-state index in [4.69, 9.17) is 11.6 Å². The minimum absolute atomic E-state index is 0.0832. The molecule has 0 N–H and O–H groups in total. The highest BCUT2D eigenvalue weighted by Gasteiger charge is 2.10. The highest BCUT2D eigenvalue weighted by atomic mass is 35.5. The van der Waals surface area contributed by atoms with Crippen LogP contribution in [0.3, 0.4) is 0 Å². The number of nitrogens with zero attached hydrogens (tertiary/aromatic N) is 2. The fourth-order valence-electron chi connectivity index (χ4n) is 2.09. The van der Waals surface area contributed by atoms with Gasteiger partial charge >= 0.3 is 0 Å². The number of nitro benzene ring substituents is 1. The molecule has 7 heteroatoms. The summed E-state index contributed by atoms with van der Waals surface area (Å²) in [4.78, 5) is 17.0. The quantitative estimate of drug-likeness (QED) is 0.284. The molecule has 0 unspecified atom stereocenters. The van der Waals surface area contributed by atoms with Crippen molar-refractivity contribution in [3.8, 4) is 0 Å². The Morgan fingerprint density at radius 1 is 1.16 bits per heavy atom. The molecule has 3 aromatic rings. The average Bonchev–Trinajstić information content (AvgIpc) is 3.03. The molecule has 0 atom stereocenters. The summed E-state index contributed by atoms with van der Waals surface area (Å²) in [6.07, 6.45) is 1.73. The molecule has 25 heavy (non-hydrogen) atoms. The van der Waals surface area contributed by atoms with Gasteiger partial charge in [0, 0.05) is 32.6 Å². The first-order valence-electron chi connectivity index (χ1n) is 7.33. The fourth-order valence-corrected chi connectivity index (χ4v) is 4.21. The summed E-state index contributed by atoms with van der Waals surface area (Å²) in [5, 5.41) is 11.7. The fraction of sp³-hybridized carbons (Fsp3) is 0.0556. The highest BCUT2D eigenvalue weighted by molar-refractivity contribution is 8.01. The summed E-state index contributed by atoms with van der Waals surface area (Å²) >= 11 is 9.16. The molecule has 2 aromatic carbocycles. The summed E-state index contributed by atoms with van der Waals surface area (Å²) in [6, 6.07) is 16.7. The monoisotopic (exact) mass is 388 g/mol. The van der Waals surface area contributed by atoms with Crippen LogP contribution >= 0.6 is 34.7 Å². The third kappa shape index (κ3) is 4.69. The number of nitro groups is 1. The molecule has 1 aromatic heterocycles. The molecule has 0 bridgehead atoms. The predicted octanol–water partition coefficient (Wildman–Crippen LogP) is 6.52. The van der Waals surface area contributed by atoms with Crippen molar-refractivity contribution >= 4 is 52.3 Å². The Labute approximate surface area is 158 Å².